The van der Waals surface area contributed by atoms with Crippen LogP contribution in [0.2, 0.25) is 0 Å². The van der Waals surface area contributed by atoms with E-state index in [1.165, 1.54) is 64.2 Å². The number of unbranched alkanes of at least 4 members (excludes halogenated alkanes) is 9. The Bertz CT molecular complexity index is 76.4. The summed E-state index contributed by atoms with van der Waals surface area (Å²) in [7, 11) is 0. The second-order valence-corrected chi connectivity index (χ2v) is 3.97. The molecule has 0 aliphatic heterocycles. The summed E-state index contributed by atoms with van der Waals surface area (Å²) in [5, 5.41) is 0. The summed E-state index contributed by atoms with van der Waals surface area (Å²) in [5.74, 6) is 0. The Morgan fingerprint density at radius 1 is 0.643 bits per heavy atom. The largest absolute Gasteiger partial charge is 0.330 e. The Balaban J connectivity index is 0. The van der Waals surface area contributed by atoms with Gasteiger partial charge in [-0.25, -0.2) is 0 Å². The number of nitrogens with two attached hydrogens (primary N) is 1. The van der Waals surface area contributed by atoms with Gasteiger partial charge in [-0.1, -0.05) is 64.7 Å². The first-order valence-electron chi connectivity index (χ1n) is 6.12. The molecule has 4 radical (unpaired) electrons. The summed E-state index contributed by atoms with van der Waals surface area (Å²) in [6, 6.07) is 0. The molecule has 0 aliphatic rings. The molecule has 0 unspecified atom stereocenters. The van der Waals surface area contributed by atoms with E-state index < -0.39 is 0 Å². The maximum atomic E-state index is 5.42. The van der Waals surface area contributed by atoms with Gasteiger partial charge in [0.25, 0.3) is 0 Å². The molecule has 0 atom stereocenters. The van der Waals surface area contributed by atoms with Crippen molar-refractivity contribution in [1.29, 1.82) is 0 Å². The Morgan fingerprint density at radius 3 is 1.36 bits per heavy atom. The molecule has 1 nitrogen and oxygen atoms in total. The Morgan fingerprint density at radius 2 is 1.00 bits per heavy atom. The van der Waals surface area contributed by atoms with Gasteiger partial charge in [0.2, 0.25) is 0 Å². The molecule has 2 heteroatoms. The van der Waals surface area contributed by atoms with E-state index in [1.807, 2.05) is 0 Å². The first kappa shape index (κ1) is 17.2. The molecule has 0 aliphatic carbocycles. The van der Waals surface area contributed by atoms with Gasteiger partial charge in [0.15, 0.2) is 0 Å². The standard InChI is InChI=1S/C12H27N.Sn/c1-2-3-4-5-6-7-8-9-10-11-12-13;/h2-13H2,1H3;. The van der Waals surface area contributed by atoms with E-state index in [1.54, 1.807) is 0 Å². The van der Waals surface area contributed by atoms with Crippen LogP contribution in [0.4, 0.5) is 0 Å². The third kappa shape index (κ3) is 15.2. The van der Waals surface area contributed by atoms with Crippen LogP contribution < -0.4 is 5.73 Å². The second kappa shape index (κ2) is 16.2. The third-order valence-corrected chi connectivity index (χ3v) is 2.56. The average Bonchev–Trinajstić information content (AvgIpc) is 2.16. The van der Waals surface area contributed by atoms with E-state index in [0.29, 0.717) is 0 Å². The Kier molecular flexibility index (Phi) is 19.9. The number of hydrogen-bond acceptors (Lipinski definition) is 1. The zero-order chi connectivity index (χ0) is 9.78. The summed E-state index contributed by atoms with van der Waals surface area (Å²) in [6.07, 6.45) is 13.9. The van der Waals surface area contributed by atoms with Crippen molar-refractivity contribution in [3.63, 3.8) is 0 Å². The molecule has 0 saturated carbocycles. The molecule has 84 valence electrons. The second-order valence-electron chi connectivity index (χ2n) is 3.97. The number of hydrogen-bond donors (Lipinski definition) is 1. The molecule has 0 heterocycles. The molecular formula is C12H27NSn. The van der Waals surface area contributed by atoms with Crippen molar-refractivity contribution in [3.05, 3.63) is 0 Å². The van der Waals surface area contributed by atoms with Gasteiger partial charge < -0.3 is 5.73 Å². The SMILES string of the molecule is CCCCCCCCCCCCN.[Sn]. The molecule has 14 heavy (non-hydrogen) atoms. The van der Waals surface area contributed by atoms with Gasteiger partial charge in [-0.3, -0.25) is 0 Å². The number of rotatable bonds is 10. The van der Waals surface area contributed by atoms with Crippen molar-refractivity contribution >= 4 is 23.9 Å². The average molecular weight is 304 g/mol. The van der Waals surface area contributed by atoms with Gasteiger partial charge >= 0.3 is 0 Å². The van der Waals surface area contributed by atoms with Gasteiger partial charge in [-0.15, -0.1) is 0 Å². The fraction of sp³-hybridized carbons (Fsp3) is 1.00. The molecule has 0 amide bonds. The minimum Gasteiger partial charge on any atom is -0.330 e. The minimum atomic E-state index is 0. The van der Waals surface area contributed by atoms with Crippen LogP contribution in [0.15, 0.2) is 0 Å². The maximum absolute atomic E-state index is 5.42. The van der Waals surface area contributed by atoms with E-state index in [4.69, 9.17) is 5.73 Å². The molecule has 2 N–H and O–H groups in total. The molecule has 0 aromatic rings. The van der Waals surface area contributed by atoms with Crippen LogP contribution in [0.1, 0.15) is 71.1 Å². The fourth-order valence-electron chi connectivity index (χ4n) is 1.63. The van der Waals surface area contributed by atoms with Crippen LogP contribution >= 0.6 is 0 Å². The minimum absolute atomic E-state index is 0. The predicted octanol–water partition coefficient (Wildman–Crippen LogP) is 3.49. The molecule has 0 aromatic heterocycles. The van der Waals surface area contributed by atoms with Crippen LogP contribution in [0, 0.1) is 0 Å². The first-order chi connectivity index (χ1) is 6.41. The van der Waals surface area contributed by atoms with Crippen molar-refractivity contribution in [1.82, 2.24) is 0 Å². The quantitative estimate of drug-likeness (QED) is 0.485. The van der Waals surface area contributed by atoms with Gasteiger partial charge in [-0.2, -0.15) is 0 Å². The van der Waals surface area contributed by atoms with Crippen molar-refractivity contribution < 1.29 is 0 Å². The maximum Gasteiger partial charge on any atom is 0 e. The van der Waals surface area contributed by atoms with Gasteiger partial charge in [0.05, 0.1) is 0 Å². The molecular weight excluding hydrogens is 277 g/mol. The van der Waals surface area contributed by atoms with E-state index >= 15 is 0 Å². The van der Waals surface area contributed by atoms with Gasteiger partial charge in [0, 0.05) is 23.9 Å². The molecule has 0 saturated heterocycles. The zero-order valence-corrected chi connectivity index (χ0v) is 12.7. The van der Waals surface area contributed by atoms with E-state index in [0.717, 1.165) is 6.54 Å². The van der Waals surface area contributed by atoms with Crippen LogP contribution in [0.3, 0.4) is 0 Å². The summed E-state index contributed by atoms with van der Waals surface area (Å²) >= 11 is 0. The molecule has 0 bridgehead atoms. The first-order valence-corrected chi connectivity index (χ1v) is 6.12. The third-order valence-electron chi connectivity index (χ3n) is 2.56. The monoisotopic (exact) mass is 305 g/mol. The van der Waals surface area contributed by atoms with Gasteiger partial charge in [0.1, 0.15) is 0 Å². The van der Waals surface area contributed by atoms with Crippen LogP contribution in [0.5, 0.6) is 0 Å². The predicted molar refractivity (Wildman–Crippen MR) is 66.7 cm³/mol. The van der Waals surface area contributed by atoms with Crippen molar-refractivity contribution in [2.24, 2.45) is 5.73 Å². The summed E-state index contributed by atoms with van der Waals surface area (Å²) in [6.45, 7) is 3.14. The normalized spacial score (nSPS) is 9.86. The summed E-state index contributed by atoms with van der Waals surface area (Å²) < 4.78 is 0. The van der Waals surface area contributed by atoms with Crippen molar-refractivity contribution in [3.8, 4) is 0 Å². The van der Waals surface area contributed by atoms with Gasteiger partial charge in [-0.05, 0) is 13.0 Å². The van der Waals surface area contributed by atoms with Crippen molar-refractivity contribution in [2.45, 2.75) is 71.1 Å². The summed E-state index contributed by atoms with van der Waals surface area (Å²) in [5.41, 5.74) is 5.42. The zero-order valence-electron chi connectivity index (χ0n) is 9.86. The molecule has 0 spiro atoms. The fourth-order valence-corrected chi connectivity index (χ4v) is 1.63. The molecule has 0 rings (SSSR count). The topological polar surface area (TPSA) is 26.0 Å². The van der Waals surface area contributed by atoms with E-state index in [2.05, 4.69) is 6.92 Å². The van der Waals surface area contributed by atoms with Crippen LogP contribution in [0.25, 0.3) is 0 Å². The van der Waals surface area contributed by atoms with E-state index in [9.17, 15) is 0 Å². The van der Waals surface area contributed by atoms with E-state index in [-0.39, 0.29) is 23.9 Å². The summed E-state index contributed by atoms with van der Waals surface area (Å²) in [4.78, 5) is 0. The van der Waals surface area contributed by atoms with Crippen LogP contribution in [-0.4, -0.2) is 30.5 Å². The molecule has 0 fully saturated rings. The Hall–Kier alpha value is 0.759. The van der Waals surface area contributed by atoms with Crippen molar-refractivity contribution in [2.75, 3.05) is 6.54 Å². The van der Waals surface area contributed by atoms with Crippen LogP contribution in [-0.2, 0) is 0 Å². The Labute approximate surface area is 107 Å². The smallest absolute Gasteiger partial charge is 0 e. The molecule has 0 aromatic carbocycles.